The summed E-state index contributed by atoms with van der Waals surface area (Å²) in [6.45, 7) is 1.40. The topological polar surface area (TPSA) is 66.8 Å². The van der Waals surface area contributed by atoms with Crippen LogP contribution in [0.15, 0.2) is 24.3 Å². The molecular weight excluding hydrogens is 318 g/mol. The van der Waals surface area contributed by atoms with E-state index in [0.29, 0.717) is 18.5 Å². The number of hydrogen-bond acceptors (Lipinski definition) is 3. The largest absolute Gasteiger partial charge is 0.490 e. The van der Waals surface area contributed by atoms with Crippen LogP contribution in [0.1, 0.15) is 61.7 Å². The van der Waals surface area contributed by atoms with Crippen molar-refractivity contribution in [1.82, 2.24) is 4.90 Å². The van der Waals surface area contributed by atoms with E-state index in [1.807, 2.05) is 29.2 Å². The third-order valence-corrected chi connectivity index (χ3v) is 5.26. The minimum atomic E-state index is -0.764. The van der Waals surface area contributed by atoms with Gasteiger partial charge in [-0.05, 0) is 69.1 Å². The van der Waals surface area contributed by atoms with Crippen LogP contribution in [-0.4, -0.2) is 41.1 Å². The Morgan fingerprint density at radius 3 is 2.72 bits per heavy atom. The molecule has 1 aromatic rings. The van der Waals surface area contributed by atoms with E-state index in [0.717, 1.165) is 38.0 Å². The summed E-state index contributed by atoms with van der Waals surface area (Å²) in [6, 6.07) is 7.48. The van der Waals surface area contributed by atoms with Crippen molar-refractivity contribution in [3.8, 4) is 5.75 Å². The highest BCUT2D eigenvalue weighted by molar-refractivity contribution is 5.94. The quantitative estimate of drug-likeness (QED) is 0.853. The van der Waals surface area contributed by atoms with Crippen molar-refractivity contribution in [2.24, 2.45) is 5.92 Å². The lowest BCUT2D eigenvalue weighted by atomic mass is 9.93. The summed E-state index contributed by atoms with van der Waals surface area (Å²) in [6.07, 6.45) is 7.66. The van der Waals surface area contributed by atoms with Gasteiger partial charge in [-0.2, -0.15) is 0 Å². The van der Waals surface area contributed by atoms with Gasteiger partial charge in [-0.3, -0.25) is 9.59 Å². The van der Waals surface area contributed by atoms with E-state index in [1.165, 1.54) is 12.8 Å². The van der Waals surface area contributed by atoms with Gasteiger partial charge in [0.15, 0.2) is 0 Å². The molecule has 1 aromatic carbocycles. The van der Waals surface area contributed by atoms with Crippen molar-refractivity contribution >= 4 is 11.9 Å². The zero-order chi connectivity index (χ0) is 17.6. The summed E-state index contributed by atoms with van der Waals surface area (Å²) < 4.78 is 6.00. The Morgan fingerprint density at radius 2 is 1.96 bits per heavy atom. The van der Waals surface area contributed by atoms with Gasteiger partial charge in [-0.25, -0.2) is 0 Å². The van der Waals surface area contributed by atoms with Crippen LogP contribution in [0, 0.1) is 5.92 Å². The highest BCUT2D eigenvalue weighted by Gasteiger charge is 2.25. The molecule has 1 aliphatic heterocycles. The monoisotopic (exact) mass is 345 g/mol. The highest BCUT2D eigenvalue weighted by Crippen LogP contribution is 2.26. The molecule has 1 aliphatic carbocycles. The predicted octanol–water partition coefficient (Wildman–Crippen LogP) is 3.73. The van der Waals surface area contributed by atoms with Crippen LogP contribution < -0.4 is 4.74 Å². The molecule has 1 unspecified atom stereocenters. The standard InChI is InChI=1S/C20H27NO4/c22-19(23)11-10-15-5-4-12-21(14-15)20(24)16-6-3-9-18(13-16)25-17-7-1-2-8-17/h3,6,9,13,15,17H,1-2,4-5,7-8,10-12,14H2,(H,22,23). The van der Waals surface area contributed by atoms with Crippen LogP contribution in [0.2, 0.25) is 0 Å². The lowest BCUT2D eigenvalue weighted by Crippen LogP contribution is -2.40. The molecule has 3 rings (SSSR count). The lowest BCUT2D eigenvalue weighted by Gasteiger charge is -2.32. The fourth-order valence-electron chi connectivity index (χ4n) is 3.90. The molecule has 1 saturated heterocycles. The lowest BCUT2D eigenvalue weighted by molar-refractivity contribution is -0.137. The Kier molecular flexibility index (Phi) is 5.95. The molecule has 0 bridgehead atoms. The van der Waals surface area contributed by atoms with E-state index in [-0.39, 0.29) is 24.3 Å². The molecule has 25 heavy (non-hydrogen) atoms. The first-order chi connectivity index (χ1) is 12.1. The van der Waals surface area contributed by atoms with Crippen LogP contribution in [0.5, 0.6) is 5.75 Å². The summed E-state index contributed by atoms with van der Waals surface area (Å²) in [5, 5.41) is 8.85. The summed E-state index contributed by atoms with van der Waals surface area (Å²) in [5.41, 5.74) is 0.661. The fraction of sp³-hybridized carbons (Fsp3) is 0.600. The number of ether oxygens (including phenoxy) is 1. The predicted molar refractivity (Wildman–Crippen MR) is 94.8 cm³/mol. The van der Waals surface area contributed by atoms with E-state index in [9.17, 15) is 9.59 Å². The molecule has 0 aromatic heterocycles. The third-order valence-electron chi connectivity index (χ3n) is 5.26. The van der Waals surface area contributed by atoms with Gasteiger partial charge in [0.1, 0.15) is 5.75 Å². The maximum absolute atomic E-state index is 12.8. The number of amides is 1. The van der Waals surface area contributed by atoms with Crippen molar-refractivity contribution in [3.05, 3.63) is 29.8 Å². The average molecular weight is 345 g/mol. The van der Waals surface area contributed by atoms with Crippen LogP contribution in [0.4, 0.5) is 0 Å². The van der Waals surface area contributed by atoms with Gasteiger partial charge in [0, 0.05) is 25.1 Å². The molecule has 2 aliphatic rings. The van der Waals surface area contributed by atoms with Crippen molar-refractivity contribution in [2.75, 3.05) is 13.1 Å². The Bertz CT molecular complexity index is 609. The number of carboxylic acids is 1. The molecule has 136 valence electrons. The first-order valence-electron chi connectivity index (χ1n) is 9.39. The number of nitrogens with zero attached hydrogens (tertiary/aromatic N) is 1. The molecule has 5 heteroatoms. The molecule has 5 nitrogen and oxygen atoms in total. The number of carbonyl (C=O) groups is 2. The molecule has 1 atom stereocenters. The second-order valence-corrected chi connectivity index (χ2v) is 7.24. The average Bonchev–Trinajstić information content (AvgIpc) is 3.13. The normalized spacial score (nSPS) is 21.3. The number of piperidine rings is 1. The van der Waals surface area contributed by atoms with Gasteiger partial charge in [0.2, 0.25) is 0 Å². The number of benzene rings is 1. The number of carbonyl (C=O) groups excluding carboxylic acids is 1. The Labute approximate surface area is 149 Å². The third kappa shape index (κ3) is 4.97. The van der Waals surface area contributed by atoms with Crippen molar-refractivity contribution in [3.63, 3.8) is 0 Å². The first kappa shape index (κ1) is 17.8. The maximum Gasteiger partial charge on any atom is 0.303 e. The van der Waals surface area contributed by atoms with Gasteiger partial charge in [-0.15, -0.1) is 0 Å². The number of hydrogen-bond donors (Lipinski definition) is 1. The minimum Gasteiger partial charge on any atom is -0.490 e. The molecule has 1 N–H and O–H groups in total. The summed E-state index contributed by atoms with van der Waals surface area (Å²) in [5.74, 6) is 0.320. The maximum atomic E-state index is 12.8. The van der Waals surface area contributed by atoms with E-state index in [2.05, 4.69) is 0 Å². The van der Waals surface area contributed by atoms with Gasteiger partial charge >= 0.3 is 5.97 Å². The van der Waals surface area contributed by atoms with Crippen LogP contribution >= 0.6 is 0 Å². The molecule has 0 radical (unpaired) electrons. The first-order valence-corrected chi connectivity index (χ1v) is 9.39. The van der Waals surface area contributed by atoms with E-state index in [1.54, 1.807) is 0 Å². The summed E-state index contributed by atoms with van der Waals surface area (Å²) in [7, 11) is 0. The molecule has 2 fully saturated rings. The number of rotatable bonds is 6. The van der Waals surface area contributed by atoms with Crippen LogP contribution in [-0.2, 0) is 4.79 Å². The smallest absolute Gasteiger partial charge is 0.303 e. The zero-order valence-corrected chi connectivity index (χ0v) is 14.7. The molecule has 1 saturated carbocycles. The van der Waals surface area contributed by atoms with Crippen LogP contribution in [0.25, 0.3) is 0 Å². The number of likely N-dealkylation sites (tertiary alicyclic amines) is 1. The van der Waals surface area contributed by atoms with Gasteiger partial charge in [0.25, 0.3) is 5.91 Å². The Hall–Kier alpha value is -2.04. The van der Waals surface area contributed by atoms with Crippen molar-refractivity contribution in [2.45, 2.75) is 57.5 Å². The summed E-state index contributed by atoms with van der Waals surface area (Å²) >= 11 is 0. The minimum absolute atomic E-state index is 0.0249. The Morgan fingerprint density at radius 1 is 1.16 bits per heavy atom. The summed E-state index contributed by atoms with van der Waals surface area (Å²) in [4.78, 5) is 25.5. The van der Waals surface area contributed by atoms with E-state index < -0.39 is 5.97 Å². The molecule has 0 spiro atoms. The van der Waals surface area contributed by atoms with Crippen molar-refractivity contribution < 1.29 is 19.4 Å². The van der Waals surface area contributed by atoms with Crippen LogP contribution in [0.3, 0.4) is 0 Å². The van der Waals surface area contributed by atoms with Gasteiger partial charge in [-0.1, -0.05) is 6.07 Å². The fourth-order valence-corrected chi connectivity index (χ4v) is 3.90. The van der Waals surface area contributed by atoms with E-state index in [4.69, 9.17) is 9.84 Å². The second-order valence-electron chi connectivity index (χ2n) is 7.24. The van der Waals surface area contributed by atoms with Gasteiger partial charge < -0.3 is 14.7 Å². The van der Waals surface area contributed by atoms with E-state index >= 15 is 0 Å². The Balaban J connectivity index is 1.60. The molecular formula is C20H27NO4. The highest BCUT2D eigenvalue weighted by atomic mass is 16.5. The van der Waals surface area contributed by atoms with Gasteiger partial charge in [0.05, 0.1) is 6.10 Å². The van der Waals surface area contributed by atoms with Crippen molar-refractivity contribution in [1.29, 1.82) is 0 Å². The zero-order valence-electron chi connectivity index (χ0n) is 14.7. The number of aliphatic carboxylic acids is 1. The second kappa shape index (κ2) is 8.37. The SMILES string of the molecule is O=C(O)CCC1CCCN(C(=O)c2cccc(OC3CCCC3)c2)C1. The number of carboxylic acid groups (broad SMARTS) is 1. The molecule has 1 amide bonds. The molecule has 1 heterocycles.